The predicted octanol–water partition coefficient (Wildman–Crippen LogP) is 2.87. The van der Waals surface area contributed by atoms with E-state index in [-0.39, 0.29) is 17.4 Å². The third-order valence-electron chi connectivity index (χ3n) is 3.83. The zero-order chi connectivity index (χ0) is 16.6. The Kier molecular flexibility index (Phi) is 4.46. The summed E-state index contributed by atoms with van der Waals surface area (Å²) in [7, 11) is 0. The predicted molar refractivity (Wildman–Crippen MR) is 92.3 cm³/mol. The molecule has 0 radical (unpaired) electrons. The van der Waals surface area contributed by atoms with Gasteiger partial charge in [0.05, 0.1) is 5.92 Å². The number of carbonyl (C=O) groups excluding carboxylic acids is 1. The first-order valence-electron chi connectivity index (χ1n) is 7.22. The molecule has 1 aromatic heterocycles. The average Bonchev–Trinajstić information content (AvgIpc) is 2.54. The summed E-state index contributed by atoms with van der Waals surface area (Å²) in [4.78, 5) is 29.0. The first-order chi connectivity index (χ1) is 11.0. The number of carbonyl (C=O) groups is 1. The molecule has 120 valence electrons. The maximum absolute atomic E-state index is 12.5. The van der Waals surface area contributed by atoms with E-state index in [4.69, 9.17) is 11.6 Å². The van der Waals surface area contributed by atoms with Crippen LogP contribution in [0, 0.1) is 19.8 Å². The lowest BCUT2D eigenvalue weighted by Gasteiger charge is -2.24. The average molecular weight is 350 g/mol. The van der Waals surface area contributed by atoms with Crippen LogP contribution in [0.25, 0.3) is 0 Å². The first kappa shape index (κ1) is 16.1. The number of rotatable bonds is 2. The Hall–Kier alpha value is -1.79. The van der Waals surface area contributed by atoms with Crippen molar-refractivity contribution >= 4 is 35.0 Å². The number of halogens is 1. The second-order valence-electron chi connectivity index (χ2n) is 5.60. The lowest BCUT2D eigenvalue weighted by Crippen LogP contribution is -2.37. The van der Waals surface area contributed by atoms with Crippen molar-refractivity contribution in [2.45, 2.75) is 25.5 Å². The molecule has 0 saturated heterocycles. The molecule has 0 saturated carbocycles. The Balaban J connectivity index is 1.80. The molecule has 0 bridgehead atoms. The van der Waals surface area contributed by atoms with E-state index in [0.29, 0.717) is 33.7 Å². The van der Waals surface area contributed by atoms with E-state index in [1.165, 1.54) is 11.8 Å². The van der Waals surface area contributed by atoms with E-state index in [0.717, 1.165) is 5.56 Å². The van der Waals surface area contributed by atoms with Crippen LogP contribution >= 0.6 is 23.4 Å². The zero-order valence-electron chi connectivity index (χ0n) is 12.8. The van der Waals surface area contributed by atoms with Gasteiger partial charge >= 0.3 is 0 Å². The van der Waals surface area contributed by atoms with E-state index >= 15 is 0 Å². The van der Waals surface area contributed by atoms with E-state index < -0.39 is 0 Å². The highest BCUT2D eigenvalue weighted by Crippen LogP contribution is 2.27. The van der Waals surface area contributed by atoms with Gasteiger partial charge in [0, 0.05) is 34.8 Å². The molecule has 1 aliphatic rings. The van der Waals surface area contributed by atoms with E-state index in [2.05, 4.69) is 10.3 Å². The van der Waals surface area contributed by atoms with E-state index in [1.807, 2.05) is 13.0 Å². The summed E-state index contributed by atoms with van der Waals surface area (Å²) in [6.45, 7) is 3.99. The number of aromatic nitrogens is 2. The topological polar surface area (TPSA) is 64.0 Å². The van der Waals surface area contributed by atoms with Gasteiger partial charge < -0.3 is 5.32 Å². The molecule has 23 heavy (non-hydrogen) atoms. The highest BCUT2D eigenvalue weighted by atomic mass is 35.5. The van der Waals surface area contributed by atoms with Gasteiger partial charge in [-0.2, -0.15) is 0 Å². The number of aryl methyl sites for hydroxylation is 2. The monoisotopic (exact) mass is 349 g/mol. The van der Waals surface area contributed by atoms with Crippen LogP contribution in [0.1, 0.15) is 11.1 Å². The molecule has 2 heterocycles. The molecule has 1 aromatic carbocycles. The molecule has 0 fully saturated rings. The Bertz CT molecular complexity index is 835. The van der Waals surface area contributed by atoms with Gasteiger partial charge in [-0.25, -0.2) is 4.98 Å². The fraction of sp³-hybridized carbons (Fsp3) is 0.312. The number of amides is 1. The highest BCUT2D eigenvalue weighted by molar-refractivity contribution is 7.99. The third-order valence-corrected chi connectivity index (χ3v) is 5.22. The van der Waals surface area contributed by atoms with Crippen molar-refractivity contribution in [2.24, 2.45) is 5.92 Å². The van der Waals surface area contributed by atoms with Gasteiger partial charge in [0.15, 0.2) is 5.16 Å². The minimum Gasteiger partial charge on any atom is -0.325 e. The Morgan fingerprint density at radius 3 is 2.96 bits per heavy atom. The second kappa shape index (κ2) is 6.37. The van der Waals surface area contributed by atoms with Crippen molar-refractivity contribution in [3.8, 4) is 0 Å². The maximum Gasteiger partial charge on any atom is 0.257 e. The van der Waals surface area contributed by atoms with Crippen molar-refractivity contribution < 1.29 is 4.79 Å². The number of hydrogen-bond donors (Lipinski definition) is 1. The van der Waals surface area contributed by atoms with Crippen LogP contribution in [0.15, 0.2) is 34.3 Å². The van der Waals surface area contributed by atoms with Gasteiger partial charge in [0.25, 0.3) is 5.56 Å². The molecule has 1 N–H and O–H groups in total. The van der Waals surface area contributed by atoms with Gasteiger partial charge in [0.1, 0.15) is 0 Å². The normalized spacial score (nSPS) is 16.7. The fourth-order valence-corrected chi connectivity index (χ4v) is 3.64. The number of thioether (sulfide) groups is 1. The zero-order valence-corrected chi connectivity index (χ0v) is 14.4. The number of benzene rings is 1. The third kappa shape index (κ3) is 3.28. The molecule has 1 amide bonds. The molecule has 7 heteroatoms. The van der Waals surface area contributed by atoms with Crippen molar-refractivity contribution in [3.63, 3.8) is 0 Å². The number of nitrogens with zero attached hydrogens (tertiary/aromatic N) is 2. The molecule has 5 nitrogen and oxygen atoms in total. The highest BCUT2D eigenvalue weighted by Gasteiger charge is 2.27. The van der Waals surface area contributed by atoms with Crippen LogP contribution in [0.3, 0.4) is 0 Å². The van der Waals surface area contributed by atoms with Crippen LogP contribution < -0.4 is 10.9 Å². The van der Waals surface area contributed by atoms with Crippen molar-refractivity contribution in [3.05, 3.63) is 50.9 Å². The van der Waals surface area contributed by atoms with E-state index in [9.17, 15) is 9.59 Å². The van der Waals surface area contributed by atoms with Crippen LogP contribution in [-0.4, -0.2) is 21.2 Å². The second-order valence-corrected chi connectivity index (χ2v) is 7.02. The van der Waals surface area contributed by atoms with Gasteiger partial charge in [-0.15, -0.1) is 0 Å². The Morgan fingerprint density at radius 1 is 1.39 bits per heavy atom. The lowest BCUT2D eigenvalue weighted by molar-refractivity contribution is -0.119. The summed E-state index contributed by atoms with van der Waals surface area (Å²) >= 11 is 7.41. The van der Waals surface area contributed by atoms with Gasteiger partial charge in [0.2, 0.25) is 5.91 Å². The van der Waals surface area contributed by atoms with E-state index in [1.54, 1.807) is 29.8 Å². The Labute approximate surface area is 143 Å². The van der Waals surface area contributed by atoms with Crippen molar-refractivity contribution in [1.29, 1.82) is 0 Å². The Morgan fingerprint density at radius 2 is 2.17 bits per heavy atom. The van der Waals surface area contributed by atoms with Crippen molar-refractivity contribution in [1.82, 2.24) is 9.55 Å². The molecule has 3 rings (SSSR count). The van der Waals surface area contributed by atoms with Gasteiger partial charge in [-0.3, -0.25) is 14.2 Å². The largest absolute Gasteiger partial charge is 0.325 e. The van der Waals surface area contributed by atoms with Crippen LogP contribution in [0.4, 0.5) is 5.69 Å². The lowest BCUT2D eigenvalue weighted by atomic mass is 10.1. The molecule has 2 aromatic rings. The number of hydrogen-bond acceptors (Lipinski definition) is 4. The number of anilines is 1. The van der Waals surface area contributed by atoms with Gasteiger partial charge in [-0.05, 0) is 31.5 Å². The number of fused-ring (bicyclic) bond motifs is 1. The maximum atomic E-state index is 12.5. The number of nitrogens with one attached hydrogen (secondary N) is 1. The molecule has 1 atom stereocenters. The summed E-state index contributed by atoms with van der Waals surface area (Å²) < 4.78 is 1.58. The summed E-state index contributed by atoms with van der Waals surface area (Å²) in [6.07, 6.45) is 1.58. The smallest absolute Gasteiger partial charge is 0.257 e. The summed E-state index contributed by atoms with van der Waals surface area (Å²) in [5.41, 5.74) is 2.15. The molecule has 0 unspecified atom stereocenters. The molecular weight excluding hydrogens is 334 g/mol. The minimum absolute atomic E-state index is 0.0843. The van der Waals surface area contributed by atoms with Crippen LogP contribution in [0.5, 0.6) is 0 Å². The molecular formula is C16H16ClN3O2S. The molecule has 1 aliphatic heterocycles. The molecule has 0 spiro atoms. The van der Waals surface area contributed by atoms with Crippen LogP contribution in [-0.2, 0) is 11.3 Å². The van der Waals surface area contributed by atoms with Gasteiger partial charge in [-0.1, -0.05) is 29.4 Å². The van der Waals surface area contributed by atoms with Crippen molar-refractivity contribution in [2.75, 3.05) is 11.1 Å². The fourth-order valence-electron chi connectivity index (χ4n) is 2.42. The SMILES string of the molecule is Cc1ccc(Cl)cc1NC(=O)[C@H]1CSc2ncc(C)c(=O)n2C1. The minimum atomic E-state index is -0.285. The summed E-state index contributed by atoms with van der Waals surface area (Å²) in [5.74, 6) is 0.204. The standard InChI is InChI=1S/C16H16ClN3O2S/c1-9-3-4-12(17)5-13(9)19-14(21)11-7-20-15(22)10(2)6-18-16(20)23-8-11/h3-6,11H,7-8H2,1-2H3,(H,19,21)/t11-/m1/s1. The quantitative estimate of drug-likeness (QED) is 0.847. The summed E-state index contributed by atoms with van der Waals surface area (Å²) in [5, 5.41) is 4.16. The molecule has 0 aliphatic carbocycles. The summed E-state index contributed by atoms with van der Waals surface area (Å²) in [6, 6.07) is 5.38. The van der Waals surface area contributed by atoms with Crippen LogP contribution in [0.2, 0.25) is 5.02 Å². The first-order valence-corrected chi connectivity index (χ1v) is 8.58.